The van der Waals surface area contributed by atoms with Gasteiger partial charge in [-0.05, 0) is 37.3 Å². The smallest absolute Gasteiger partial charge is 0.0392 e. The van der Waals surface area contributed by atoms with Crippen LogP contribution in [0.25, 0.3) is 5.32 Å². The molecule has 0 bridgehead atoms. The van der Waals surface area contributed by atoms with Gasteiger partial charge >= 0.3 is 0 Å². The van der Waals surface area contributed by atoms with E-state index in [-0.39, 0.29) is 15.8 Å². The predicted molar refractivity (Wildman–Crippen MR) is 92.4 cm³/mol. The van der Waals surface area contributed by atoms with E-state index >= 15 is 0 Å². The van der Waals surface area contributed by atoms with E-state index in [1.807, 2.05) is 0 Å². The summed E-state index contributed by atoms with van der Waals surface area (Å²) in [5.41, 5.74) is 2.26. The summed E-state index contributed by atoms with van der Waals surface area (Å²) in [6.45, 7) is 9.12. The fourth-order valence-corrected chi connectivity index (χ4v) is 3.94. The number of rotatable bonds is 4. The summed E-state index contributed by atoms with van der Waals surface area (Å²) < 4.78 is 0. The molecule has 0 saturated heterocycles. The minimum Gasteiger partial charge on any atom is -0.657 e. The number of nitrogens with zero attached hydrogens (tertiary/aromatic N) is 1. The Hall–Kier alpha value is -0.900. The monoisotopic (exact) mass is 288 g/mol. The van der Waals surface area contributed by atoms with Crippen LogP contribution >= 0.6 is 15.8 Å². The van der Waals surface area contributed by atoms with E-state index in [1.54, 1.807) is 0 Å². The van der Waals surface area contributed by atoms with Crippen LogP contribution in [0.2, 0.25) is 0 Å². The first-order chi connectivity index (χ1) is 9.09. The van der Waals surface area contributed by atoms with Crippen LogP contribution in [-0.4, -0.2) is 26.7 Å². The highest BCUT2D eigenvalue weighted by Crippen LogP contribution is 2.38. The average Bonchev–Trinajstić information content (AvgIpc) is 2.39. The zero-order valence-corrected chi connectivity index (χ0v) is 13.7. The minimum atomic E-state index is -0.126. The highest BCUT2D eigenvalue weighted by Gasteiger charge is 2.02. The van der Waals surface area contributed by atoms with Gasteiger partial charge in [-0.2, -0.15) is 0 Å². The first-order valence-electron chi connectivity index (χ1n) is 6.34. The Morgan fingerprint density at radius 1 is 0.632 bits per heavy atom. The molecule has 0 saturated carbocycles. The molecule has 0 aromatic heterocycles. The maximum atomic E-state index is 4.92. The Bertz CT molecular complexity index is 500. The van der Waals surface area contributed by atoms with Gasteiger partial charge < -0.3 is 5.32 Å². The van der Waals surface area contributed by atoms with Gasteiger partial charge in [0.2, 0.25) is 0 Å². The van der Waals surface area contributed by atoms with Crippen LogP contribution in [0.15, 0.2) is 48.5 Å². The molecular formula is C16H20NP2-. The Kier molecular flexibility index (Phi) is 4.97. The Balaban J connectivity index is 2.37. The van der Waals surface area contributed by atoms with Gasteiger partial charge in [-0.3, -0.25) is 0 Å². The van der Waals surface area contributed by atoms with E-state index < -0.39 is 0 Å². The Morgan fingerprint density at radius 3 is 1.37 bits per heavy atom. The van der Waals surface area contributed by atoms with Crippen molar-refractivity contribution < 1.29 is 0 Å². The largest absolute Gasteiger partial charge is 0.657 e. The second-order valence-electron chi connectivity index (χ2n) is 4.88. The molecule has 0 spiro atoms. The molecule has 1 nitrogen and oxygen atoms in total. The van der Waals surface area contributed by atoms with Crippen molar-refractivity contribution in [3.63, 3.8) is 0 Å². The molecule has 0 aliphatic heterocycles. The second-order valence-corrected chi connectivity index (χ2v) is 9.42. The summed E-state index contributed by atoms with van der Waals surface area (Å²) in [4.78, 5) is 0. The molecule has 0 fully saturated rings. The van der Waals surface area contributed by atoms with E-state index in [2.05, 4.69) is 75.2 Å². The standard InChI is InChI=1S/C16H20NP2/c1-18(2)15-11-7-5-9-13(15)17-14-10-6-8-12-16(14)19(3)4/h5-12H,1-4H3/q-1. The second kappa shape index (κ2) is 6.51. The van der Waals surface area contributed by atoms with Crippen molar-refractivity contribution in [3.8, 4) is 0 Å². The molecule has 2 aromatic rings. The van der Waals surface area contributed by atoms with Crippen LogP contribution in [0.4, 0.5) is 11.4 Å². The van der Waals surface area contributed by atoms with Crippen LogP contribution in [0.3, 0.4) is 0 Å². The Labute approximate surface area is 118 Å². The molecule has 0 heterocycles. The zero-order chi connectivity index (χ0) is 13.8. The summed E-state index contributed by atoms with van der Waals surface area (Å²) in [5, 5.41) is 7.67. The molecule has 0 amide bonds. The van der Waals surface area contributed by atoms with Gasteiger partial charge in [0, 0.05) is 0 Å². The number of benzene rings is 2. The lowest BCUT2D eigenvalue weighted by Crippen LogP contribution is -2.03. The van der Waals surface area contributed by atoms with E-state index in [0.29, 0.717) is 0 Å². The molecular weight excluding hydrogens is 268 g/mol. The molecule has 3 heteroatoms. The van der Waals surface area contributed by atoms with E-state index in [4.69, 9.17) is 5.32 Å². The number of hydrogen-bond acceptors (Lipinski definition) is 0. The molecule has 0 radical (unpaired) electrons. The van der Waals surface area contributed by atoms with Crippen molar-refractivity contribution in [1.82, 2.24) is 0 Å². The van der Waals surface area contributed by atoms with Crippen molar-refractivity contribution >= 4 is 37.8 Å². The topological polar surface area (TPSA) is 14.1 Å². The van der Waals surface area contributed by atoms with Crippen molar-refractivity contribution in [2.24, 2.45) is 0 Å². The SMILES string of the molecule is CP(C)c1ccccc1[N-]c1ccccc1P(C)C. The first-order valence-corrected chi connectivity index (χ1v) is 10.8. The van der Waals surface area contributed by atoms with Crippen LogP contribution in [0.5, 0.6) is 0 Å². The first kappa shape index (κ1) is 14.5. The third-order valence-electron chi connectivity index (χ3n) is 2.97. The summed E-state index contributed by atoms with van der Waals surface area (Å²) in [5.74, 6) is 0. The lowest BCUT2D eigenvalue weighted by molar-refractivity contribution is 1.67. The molecule has 2 rings (SSSR count). The quantitative estimate of drug-likeness (QED) is 0.720. The predicted octanol–water partition coefficient (Wildman–Crippen LogP) is 4.76. The van der Waals surface area contributed by atoms with Gasteiger partial charge in [-0.25, -0.2) is 0 Å². The van der Waals surface area contributed by atoms with Crippen molar-refractivity contribution in [1.29, 1.82) is 0 Å². The fraction of sp³-hybridized carbons (Fsp3) is 0.250. The van der Waals surface area contributed by atoms with Crippen molar-refractivity contribution in [2.75, 3.05) is 26.7 Å². The summed E-state index contributed by atoms with van der Waals surface area (Å²) in [6.07, 6.45) is 0. The molecule has 0 aliphatic rings. The van der Waals surface area contributed by atoms with E-state index in [9.17, 15) is 0 Å². The molecule has 19 heavy (non-hydrogen) atoms. The number of hydrogen-bond donors (Lipinski definition) is 0. The highest BCUT2D eigenvalue weighted by molar-refractivity contribution is 7.64. The maximum Gasteiger partial charge on any atom is -0.0392 e. The lowest BCUT2D eigenvalue weighted by Gasteiger charge is -2.30. The highest BCUT2D eigenvalue weighted by atomic mass is 31.1. The van der Waals surface area contributed by atoms with Crippen molar-refractivity contribution in [3.05, 3.63) is 53.8 Å². The van der Waals surface area contributed by atoms with Crippen LogP contribution < -0.4 is 10.6 Å². The van der Waals surface area contributed by atoms with Gasteiger partial charge in [-0.1, -0.05) is 64.4 Å². The third-order valence-corrected chi connectivity index (χ3v) is 5.65. The van der Waals surface area contributed by atoms with Gasteiger partial charge in [-0.15, -0.1) is 11.4 Å². The van der Waals surface area contributed by atoms with Crippen LogP contribution in [-0.2, 0) is 0 Å². The minimum absolute atomic E-state index is 0.126. The summed E-state index contributed by atoms with van der Waals surface area (Å²) in [6, 6.07) is 17.0. The molecule has 0 unspecified atom stereocenters. The normalized spacial score (nSPS) is 11.1. The lowest BCUT2D eigenvalue weighted by atomic mass is 10.2. The van der Waals surface area contributed by atoms with Gasteiger partial charge in [0.25, 0.3) is 0 Å². The van der Waals surface area contributed by atoms with Gasteiger partial charge in [0.05, 0.1) is 0 Å². The van der Waals surface area contributed by atoms with Crippen LogP contribution in [0, 0.1) is 0 Å². The molecule has 0 atom stereocenters. The maximum absolute atomic E-state index is 4.92. The molecule has 0 N–H and O–H groups in total. The van der Waals surface area contributed by atoms with Crippen molar-refractivity contribution in [2.45, 2.75) is 0 Å². The molecule has 100 valence electrons. The molecule has 2 aromatic carbocycles. The zero-order valence-electron chi connectivity index (χ0n) is 12.0. The van der Waals surface area contributed by atoms with Gasteiger partial charge in [0.1, 0.15) is 0 Å². The van der Waals surface area contributed by atoms with E-state index in [1.165, 1.54) is 10.6 Å². The summed E-state index contributed by atoms with van der Waals surface area (Å²) >= 11 is 0. The summed E-state index contributed by atoms with van der Waals surface area (Å²) in [7, 11) is -0.252. The fourth-order valence-electron chi connectivity index (χ4n) is 2.00. The van der Waals surface area contributed by atoms with E-state index in [0.717, 1.165) is 11.4 Å². The molecule has 0 aliphatic carbocycles. The number of para-hydroxylation sites is 2. The third kappa shape index (κ3) is 3.56. The Morgan fingerprint density at radius 2 is 1.00 bits per heavy atom. The average molecular weight is 288 g/mol. The van der Waals surface area contributed by atoms with Gasteiger partial charge in [0.15, 0.2) is 0 Å². The van der Waals surface area contributed by atoms with Crippen LogP contribution in [0.1, 0.15) is 0 Å².